The number of hydrogen-bond donors (Lipinski definition) is 1. The van der Waals surface area contributed by atoms with Gasteiger partial charge in [-0.2, -0.15) is 0 Å². The maximum absolute atomic E-state index is 12.9. The number of anilines is 1. The van der Waals surface area contributed by atoms with Crippen molar-refractivity contribution in [2.75, 3.05) is 23.7 Å². The lowest BCUT2D eigenvalue weighted by atomic mass is 9.87. The van der Waals surface area contributed by atoms with E-state index in [1.807, 2.05) is 44.2 Å². The third kappa shape index (κ3) is 6.73. The van der Waals surface area contributed by atoms with Gasteiger partial charge in [-0.3, -0.25) is 9.10 Å². The minimum Gasteiger partial charge on any atom is -0.492 e. The lowest BCUT2D eigenvalue weighted by Gasteiger charge is -2.30. The average Bonchev–Trinajstić information content (AvgIpc) is 2.70. The van der Waals surface area contributed by atoms with E-state index >= 15 is 0 Å². The second-order valence-electron chi connectivity index (χ2n) is 9.17. The third-order valence-corrected chi connectivity index (χ3v) is 6.64. The van der Waals surface area contributed by atoms with Crippen molar-refractivity contribution in [3.05, 3.63) is 59.2 Å². The summed E-state index contributed by atoms with van der Waals surface area (Å²) in [7, 11) is -3.65. The molecule has 0 unspecified atom stereocenters. The molecule has 0 spiro atoms. The second kappa shape index (κ2) is 10.4. The molecule has 1 atom stereocenters. The van der Waals surface area contributed by atoms with E-state index in [4.69, 9.17) is 4.74 Å². The number of carbonyl (C=O) groups excluding carboxylic acids is 1. The highest BCUT2D eigenvalue weighted by Gasteiger charge is 2.31. The Morgan fingerprint density at radius 2 is 1.69 bits per heavy atom. The van der Waals surface area contributed by atoms with Crippen LogP contribution in [0.1, 0.15) is 50.8 Å². The number of amides is 1. The zero-order valence-electron chi connectivity index (χ0n) is 20.2. The van der Waals surface area contributed by atoms with Crippen LogP contribution in [0.2, 0.25) is 0 Å². The maximum Gasteiger partial charge on any atom is 0.244 e. The molecule has 1 N–H and O–H groups in total. The molecular weight excluding hydrogens is 424 g/mol. The van der Waals surface area contributed by atoms with Crippen LogP contribution in [0.3, 0.4) is 0 Å². The molecule has 0 saturated carbocycles. The summed E-state index contributed by atoms with van der Waals surface area (Å²) < 4.78 is 32.1. The summed E-state index contributed by atoms with van der Waals surface area (Å²) in [6.07, 6.45) is 1.48. The molecule has 1 amide bonds. The van der Waals surface area contributed by atoms with Crippen molar-refractivity contribution in [3.63, 3.8) is 0 Å². The summed E-state index contributed by atoms with van der Waals surface area (Å²) in [5.74, 6) is 0.384. The molecule has 0 aliphatic carbocycles. The van der Waals surface area contributed by atoms with Gasteiger partial charge < -0.3 is 10.1 Å². The Balaban J connectivity index is 2.03. The first-order chi connectivity index (χ1) is 14.8. The molecule has 2 rings (SSSR count). The standard InChI is InChI=1S/C25H36N2O4S/c1-8-23(27(32(7,29)30)21-12-9-18(2)19(3)17-21)24(28)26-15-16-31-22-13-10-20(11-14-22)25(4,5)6/h9-14,17,23H,8,15-16H2,1-7H3,(H,26,28)/t23-/m1/s1. The zero-order chi connectivity index (χ0) is 24.1. The Morgan fingerprint density at radius 3 is 2.19 bits per heavy atom. The van der Waals surface area contributed by atoms with Crippen LogP contribution in [0.25, 0.3) is 0 Å². The predicted molar refractivity (Wildman–Crippen MR) is 131 cm³/mol. The summed E-state index contributed by atoms with van der Waals surface area (Å²) in [6, 6.07) is 12.5. The van der Waals surface area contributed by atoms with Crippen LogP contribution >= 0.6 is 0 Å². The van der Waals surface area contributed by atoms with Crippen LogP contribution in [0.4, 0.5) is 5.69 Å². The smallest absolute Gasteiger partial charge is 0.244 e. The molecule has 0 aromatic heterocycles. The number of rotatable bonds is 9. The van der Waals surface area contributed by atoms with E-state index in [9.17, 15) is 13.2 Å². The van der Waals surface area contributed by atoms with Crippen molar-refractivity contribution in [1.29, 1.82) is 0 Å². The van der Waals surface area contributed by atoms with Crippen LogP contribution in [-0.2, 0) is 20.2 Å². The van der Waals surface area contributed by atoms with Gasteiger partial charge in [-0.1, -0.05) is 45.9 Å². The Labute approximate surface area is 193 Å². The van der Waals surface area contributed by atoms with E-state index in [2.05, 4.69) is 26.1 Å². The van der Waals surface area contributed by atoms with Crippen molar-refractivity contribution >= 4 is 21.6 Å². The van der Waals surface area contributed by atoms with Crippen molar-refractivity contribution in [2.24, 2.45) is 0 Å². The predicted octanol–water partition coefficient (Wildman–Crippen LogP) is 4.34. The van der Waals surface area contributed by atoms with Crippen LogP contribution < -0.4 is 14.4 Å². The lowest BCUT2D eigenvalue weighted by molar-refractivity contribution is -0.122. The van der Waals surface area contributed by atoms with E-state index in [1.165, 1.54) is 9.87 Å². The highest BCUT2D eigenvalue weighted by Crippen LogP contribution is 2.26. The number of carbonyl (C=O) groups is 1. The molecule has 2 aromatic rings. The van der Waals surface area contributed by atoms with Crippen LogP contribution in [0.15, 0.2) is 42.5 Å². The van der Waals surface area contributed by atoms with Gasteiger partial charge >= 0.3 is 0 Å². The minimum absolute atomic E-state index is 0.0726. The third-order valence-electron chi connectivity index (χ3n) is 5.47. The molecule has 6 nitrogen and oxygen atoms in total. The number of nitrogens with one attached hydrogen (secondary N) is 1. The van der Waals surface area contributed by atoms with E-state index < -0.39 is 16.1 Å². The molecule has 7 heteroatoms. The first kappa shape index (κ1) is 25.7. The van der Waals surface area contributed by atoms with Gasteiger partial charge in [-0.15, -0.1) is 0 Å². The lowest BCUT2D eigenvalue weighted by Crippen LogP contribution is -2.50. The first-order valence-corrected chi connectivity index (χ1v) is 12.8. The van der Waals surface area contributed by atoms with E-state index in [1.54, 1.807) is 19.1 Å². The van der Waals surface area contributed by atoms with Crippen molar-refractivity contribution in [3.8, 4) is 5.75 Å². The minimum atomic E-state index is -3.65. The van der Waals surface area contributed by atoms with Gasteiger partial charge in [0.1, 0.15) is 18.4 Å². The summed E-state index contributed by atoms with van der Waals surface area (Å²) in [5.41, 5.74) is 3.82. The molecule has 0 fully saturated rings. The number of nitrogens with zero attached hydrogens (tertiary/aromatic N) is 1. The topological polar surface area (TPSA) is 75.7 Å². The summed E-state index contributed by atoms with van der Waals surface area (Å²) >= 11 is 0. The maximum atomic E-state index is 12.9. The number of sulfonamides is 1. The number of benzene rings is 2. The molecule has 0 radical (unpaired) electrons. The molecular formula is C25H36N2O4S. The Morgan fingerprint density at radius 1 is 1.06 bits per heavy atom. The van der Waals surface area contributed by atoms with Crippen LogP contribution in [0.5, 0.6) is 5.75 Å². The molecule has 0 bridgehead atoms. The molecule has 0 heterocycles. The van der Waals surface area contributed by atoms with Crippen molar-refractivity contribution < 1.29 is 17.9 Å². The first-order valence-electron chi connectivity index (χ1n) is 10.9. The van der Waals surface area contributed by atoms with E-state index in [0.29, 0.717) is 18.7 Å². The summed E-state index contributed by atoms with van der Waals surface area (Å²) in [6.45, 7) is 12.7. The van der Waals surface area contributed by atoms with Gasteiger partial charge in [-0.25, -0.2) is 8.42 Å². The summed E-state index contributed by atoms with van der Waals surface area (Å²) in [5, 5.41) is 2.82. The Hall–Kier alpha value is -2.54. The molecule has 0 aliphatic heterocycles. The Bertz CT molecular complexity index is 1020. The highest BCUT2D eigenvalue weighted by atomic mass is 32.2. The van der Waals surface area contributed by atoms with Crippen LogP contribution in [-0.4, -0.2) is 39.8 Å². The van der Waals surface area contributed by atoms with Crippen molar-refractivity contribution in [1.82, 2.24) is 5.32 Å². The molecule has 2 aromatic carbocycles. The summed E-state index contributed by atoms with van der Waals surface area (Å²) in [4.78, 5) is 12.9. The molecule has 0 aliphatic rings. The van der Waals surface area contributed by atoms with Gasteiger partial charge in [0.15, 0.2) is 0 Å². The van der Waals surface area contributed by atoms with Gasteiger partial charge in [0, 0.05) is 0 Å². The van der Waals surface area contributed by atoms with Gasteiger partial charge in [0.05, 0.1) is 18.5 Å². The SMILES string of the molecule is CC[C@H](C(=O)NCCOc1ccc(C(C)(C)C)cc1)N(c1ccc(C)c(C)c1)S(C)(=O)=O. The zero-order valence-corrected chi connectivity index (χ0v) is 21.0. The Kier molecular flexibility index (Phi) is 8.35. The largest absolute Gasteiger partial charge is 0.492 e. The van der Waals surface area contributed by atoms with E-state index in [-0.39, 0.29) is 17.9 Å². The van der Waals surface area contributed by atoms with Gasteiger partial charge in [0.25, 0.3) is 0 Å². The fraction of sp³-hybridized carbons (Fsp3) is 0.480. The molecule has 176 valence electrons. The number of ether oxygens (including phenoxy) is 1. The average molecular weight is 461 g/mol. The fourth-order valence-corrected chi connectivity index (χ4v) is 4.64. The molecule has 0 saturated heterocycles. The van der Waals surface area contributed by atoms with Gasteiger partial charge in [0.2, 0.25) is 15.9 Å². The van der Waals surface area contributed by atoms with Crippen molar-refractivity contribution in [2.45, 2.75) is 59.4 Å². The monoisotopic (exact) mass is 460 g/mol. The number of hydrogen-bond acceptors (Lipinski definition) is 4. The van der Waals surface area contributed by atoms with Gasteiger partial charge in [-0.05, 0) is 66.6 Å². The number of aryl methyl sites for hydroxylation is 2. The fourth-order valence-electron chi connectivity index (χ4n) is 3.44. The highest BCUT2D eigenvalue weighted by molar-refractivity contribution is 7.92. The quantitative estimate of drug-likeness (QED) is 0.565. The second-order valence-corrected chi connectivity index (χ2v) is 11.0. The normalized spacial score (nSPS) is 12.8. The van der Waals surface area contributed by atoms with E-state index in [0.717, 1.165) is 23.1 Å². The molecule has 32 heavy (non-hydrogen) atoms. The van der Waals surface area contributed by atoms with Crippen LogP contribution in [0, 0.1) is 13.8 Å².